The third-order valence-electron chi connectivity index (χ3n) is 8.33. The molecule has 6 rings (SSSR count). The fourth-order valence-electron chi connectivity index (χ4n) is 6.41. The van der Waals surface area contributed by atoms with Crippen LogP contribution < -0.4 is 15.6 Å². The van der Waals surface area contributed by atoms with Crippen LogP contribution in [0.3, 0.4) is 0 Å². The zero-order valence-corrected chi connectivity index (χ0v) is 23.1. The van der Waals surface area contributed by atoms with E-state index in [-0.39, 0.29) is 16.8 Å². The van der Waals surface area contributed by atoms with Crippen LogP contribution in [0.15, 0.2) is 41.6 Å². The van der Waals surface area contributed by atoms with E-state index in [4.69, 9.17) is 4.98 Å². The van der Waals surface area contributed by atoms with Crippen molar-refractivity contribution in [3.05, 3.63) is 69.7 Å². The van der Waals surface area contributed by atoms with Crippen LogP contribution in [0.25, 0.3) is 33.3 Å². The second-order valence-electron chi connectivity index (χ2n) is 11.0. The van der Waals surface area contributed by atoms with Gasteiger partial charge in [-0.05, 0) is 49.3 Å². The number of hydrogen-bond acceptors (Lipinski definition) is 7. The van der Waals surface area contributed by atoms with Crippen LogP contribution in [0, 0.1) is 11.7 Å². The van der Waals surface area contributed by atoms with E-state index in [1.54, 1.807) is 43.2 Å². The van der Waals surface area contributed by atoms with Gasteiger partial charge in [0.15, 0.2) is 0 Å². The number of fused-ring (bicyclic) bond motifs is 4. The summed E-state index contributed by atoms with van der Waals surface area (Å²) >= 11 is 0. The number of likely N-dealkylation sites (N-methyl/N-ethyl adjacent to an activating group) is 1. The summed E-state index contributed by atoms with van der Waals surface area (Å²) in [5.74, 6) is -1.23. The summed E-state index contributed by atoms with van der Waals surface area (Å²) in [6.07, 6.45) is 5.36. The Kier molecular flexibility index (Phi) is 6.10. The van der Waals surface area contributed by atoms with E-state index < -0.39 is 11.4 Å². The van der Waals surface area contributed by atoms with Crippen LogP contribution in [-0.4, -0.2) is 70.8 Å². The normalized spacial score (nSPS) is 17.9. The summed E-state index contributed by atoms with van der Waals surface area (Å²) < 4.78 is 16.4. The number of anilines is 2. The smallest absolute Gasteiger partial charge is 0.341 e. The van der Waals surface area contributed by atoms with Gasteiger partial charge in [-0.1, -0.05) is 6.92 Å². The number of halogens is 1. The summed E-state index contributed by atoms with van der Waals surface area (Å²) in [4.78, 5) is 38.9. The lowest BCUT2D eigenvalue weighted by atomic mass is 9.97. The van der Waals surface area contributed by atoms with Crippen molar-refractivity contribution in [3.63, 3.8) is 0 Å². The highest BCUT2D eigenvalue weighted by Crippen LogP contribution is 2.49. The summed E-state index contributed by atoms with van der Waals surface area (Å²) in [6.45, 7) is 3.79. The Morgan fingerprint density at radius 1 is 1.15 bits per heavy atom. The van der Waals surface area contributed by atoms with Gasteiger partial charge in [-0.25, -0.2) is 14.2 Å². The van der Waals surface area contributed by atoms with Crippen molar-refractivity contribution >= 4 is 28.4 Å². The largest absolute Gasteiger partial charge is 0.477 e. The molecule has 9 nitrogen and oxygen atoms in total. The SMILES string of the molecule is CNc1cc(F)cc2c1Cc1ncc(-c3cnc4c(c3)c(=O)c(C(=O)O)cn4C)c(N3C[C@H](C)[C@@H](N(C)C)C3)c1-2. The van der Waals surface area contributed by atoms with Gasteiger partial charge < -0.3 is 24.8 Å². The van der Waals surface area contributed by atoms with E-state index in [2.05, 4.69) is 41.1 Å². The first kappa shape index (κ1) is 25.9. The minimum absolute atomic E-state index is 0.219. The fourth-order valence-corrected chi connectivity index (χ4v) is 6.41. The lowest BCUT2D eigenvalue weighted by Crippen LogP contribution is -2.34. The third-order valence-corrected chi connectivity index (χ3v) is 8.33. The van der Waals surface area contributed by atoms with Gasteiger partial charge in [-0.3, -0.25) is 9.78 Å². The number of aromatic carboxylic acids is 1. The van der Waals surface area contributed by atoms with E-state index in [0.29, 0.717) is 29.6 Å². The van der Waals surface area contributed by atoms with E-state index in [1.807, 2.05) is 0 Å². The highest BCUT2D eigenvalue weighted by atomic mass is 19.1. The molecule has 0 saturated carbocycles. The molecule has 0 bridgehead atoms. The monoisotopic (exact) mass is 542 g/mol. The first-order valence-corrected chi connectivity index (χ1v) is 13.3. The molecule has 40 heavy (non-hydrogen) atoms. The summed E-state index contributed by atoms with van der Waals surface area (Å²) in [7, 11) is 7.61. The number of carboxylic acids is 1. The van der Waals surface area contributed by atoms with Gasteiger partial charge >= 0.3 is 5.97 Å². The molecule has 4 heterocycles. The molecular formula is C30H31FN6O3. The zero-order chi connectivity index (χ0) is 28.5. The first-order valence-electron chi connectivity index (χ1n) is 13.3. The lowest BCUT2D eigenvalue weighted by molar-refractivity contribution is 0.0695. The van der Waals surface area contributed by atoms with Crippen LogP contribution >= 0.6 is 0 Å². The maximum atomic E-state index is 14.8. The highest BCUT2D eigenvalue weighted by molar-refractivity contribution is 5.98. The molecule has 1 aromatic carbocycles. The van der Waals surface area contributed by atoms with Gasteiger partial charge in [0.2, 0.25) is 5.43 Å². The van der Waals surface area contributed by atoms with E-state index in [0.717, 1.165) is 52.4 Å². The van der Waals surface area contributed by atoms with Crippen molar-refractivity contribution in [1.82, 2.24) is 19.4 Å². The van der Waals surface area contributed by atoms with Crippen molar-refractivity contribution in [2.45, 2.75) is 19.4 Å². The molecule has 3 aromatic heterocycles. The molecule has 0 spiro atoms. The Balaban J connectivity index is 1.63. The summed E-state index contributed by atoms with van der Waals surface area (Å²) in [6, 6.07) is 5.10. The molecule has 0 amide bonds. The summed E-state index contributed by atoms with van der Waals surface area (Å²) in [5, 5.41) is 12.9. The van der Waals surface area contributed by atoms with Crippen LogP contribution in [0.5, 0.6) is 0 Å². The Morgan fingerprint density at radius 2 is 1.93 bits per heavy atom. The van der Waals surface area contributed by atoms with Gasteiger partial charge in [0, 0.05) is 80.6 Å². The molecule has 1 aliphatic carbocycles. The quantitative estimate of drug-likeness (QED) is 0.346. The number of carbonyl (C=O) groups is 1. The van der Waals surface area contributed by atoms with Crippen molar-refractivity contribution in [1.29, 1.82) is 0 Å². The van der Waals surface area contributed by atoms with E-state index in [1.165, 1.54) is 12.3 Å². The van der Waals surface area contributed by atoms with Crippen LogP contribution in [0.4, 0.5) is 15.8 Å². The van der Waals surface area contributed by atoms with Crippen molar-refractivity contribution < 1.29 is 14.3 Å². The third kappa shape index (κ3) is 3.93. The molecule has 1 aliphatic heterocycles. The summed E-state index contributed by atoms with van der Waals surface area (Å²) in [5.41, 5.74) is 6.15. The molecule has 206 valence electrons. The number of rotatable bonds is 5. The van der Waals surface area contributed by atoms with Crippen LogP contribution in [-0.2, 0) is 13.5 Å². The van der Waals surface area contributed by atoms with Gasteiger partial charge in [-0.2, -0.15) is 0 Å². The van der Waals surface area contributed by atoms with Gasteiger partial charge in [0.05, 0.1) is 16.8 Å². The van der Waals surface area contributed by atoms with Crippen molar-refractivity contribution in [3.8, 4) is 22.3 Å². The second kappa shape index (κ2) is 9.41. The van der Waals surface area contributed by atoms with Crippen LogP contribution in [0.1, 0.15) is 28.5 Å². The number of nitrogens with zero attached hydrogens (tertiary/aromatic N) is 5. The topological polar surface area (TPSA) is 104 Å². The van der Waals surface area contributed by atoms with Gasteiger partial charge in [0.25, 0.3) is 0 Å². The minimum Gasteiger partial charge on any atom is -0.477 e. The Bertz CT molecular complexity index is 1770. The maximum Gasteiger partial charge on any atom is 0.341 e. The Labute approximate surface area is 230 Å². The lowest BCUT2D eigenvalue weighted by Gasteiger charge is -2.27. The molecule has 1 fully saturated rings. The minimum atomic E-state index is -1.28. The molecule has 2 N–H and O–H groups in total. The number of aromatic nitrogens is 3. The second-order valence-corrected chi connectivity index (χ2v) is 11.0. The molecular weight excluding hydrogens is 511 g/mol. The van der Waals surface area contributed by atoms with Crippen LogP contribution in [0.2, 0.25) is 0 Å². The molecule has 4 aromatic rings. The number of nitrogens with one attached hydrogen (secondary N) is 1. The Morgan fingerprint density at radius 3 is 2.60 bits per heavy atom. The standard InChI is InChI=1S/C30H31FN6O3/c1-15-12-37(14-25(15)35(3)4)27-21(11-33-24-9-18-19(26(24)27)7-17(31)8-23(18)32-2)16-6-20-28(38)22(30(39)40)13-36(5)29(20)34-10-16/h6-8,10-11,13,15,25,32H,9,12,14H2,1-5H3,(H,39,40)/t15-,25-/m0/s1. The number of hydrogen-bond donors (Lipinski definition) is 2. The Hall–Kier alpha value is -4.31. The average molecular weight is 543 g/mol. The number of pyridine rings is 3. The van der Waals surface area contributed by atoms with Gasteiger partial charge in [-0.15, -0.1) is 0 Å². The highest BCUT2D eigenvalue weighted by Gasteiger charge is 2.37. The fraction of sp³-hybridized carbons (Fsp3) is 0.333. The zero-order valence-electron chi connectivity index (χ0n) is 23.1. The average Bonchev–Trinajstić information content (AvgIpc) is 3.49. The van der Waals surface area contributed by atoms with E-state index in [9.17, 15) is 19.1 Å². The predicted octanol–water partition coefficient (Wildman–Crippen LogP) is 3.83. The number of aryl methyl sites for hydroxylation is 1. The number of benzene rings is 1. The maximum absolute atomic E-state index is 14.8. The van der Waals surface area contributed by atoms with E-state index >= 15 is 0 Å². The molecule has 2 aliphatic rings. The van der Waals surface area contributed by atoms with Gasteiger partial charge in [0.1, 0.15) is 17.0 Å². The molecule has 10 heteroatoms. The predicted molar refractivity (Wildman–Crippen MR) is 154 cm³/mol. The molecule has 1 saturated heterocycles. The number of carboxylic acid groups (broad SMARTS) is 1. The van der Waals surface area contributed by atoms with Crippen molar-refractivity contribution in [2.75, 3.05) is 44.4 Å². The molecule has 0 radical (unpaired) electrons. The molecule has 2 atom stereocenters. The molecule has 0 unspecified atom stereocenters. The first-order chi connectivity index (χ1) is 19.1. The van der Waals surface area contributed by atoms with Crippen molar-refractivity contribution in [2.24, 2.45) is 13.0 Å².